The van der Waals surface area contributed by atoms with Gasteiger partial charge in [0.1, 0.15) is 0 Å². The molecule has 208 valence electrons. The standard InChI is InChI=1S/C28H36N6O2S3/c1-17-9-5-7-11-21(17)19(3)25(35)33-27(31)38-23(29)13-15-37-16-14-24(30)39-28(32)34-26(36)20(4)22-12-8-6-10-18(22)2/h5-12,19-20,29-30H,13-16H2,1-4H3,(H2,31,33,35)(H2,32,34,36). The highest BCUT2D eigenvalue weighted by Crippen LogP contribution is 2.22. The summed E-state index contributed by atoms with van der Waals surface area (Å²) in [5, 5.41) is 27.5. The molecule has 0 saturated heterocycles. The van der Waals surface area contributed by atoms with Crippen LogP contribution in [0.4, 0.5) is 0 Å². The molecule has 2 amide bonds. The number of benzene rings is 2. The summed E-state index contributed by atoms with van der Waals surface area (Å²) in [5.41, 5.74) is 9.77. The summed E-state index contributed by atoms with van der Waals surface area (Å²) in [6, 6.07) is 15.3. The maximum Gasteiger partial charge on any atom is 0.255 e. The molecule has 6 N–H and O–H groups in total. The fourth-order valence-corrected chi connectivity index (χ4v) is 6.03. The van der Waals surface area contributed by atoms with Gasteiger partial charge in [-0.25, -0.2) is 0 Å². The van der Waals surface area contributed by atoms with Crippen LogP contribution in [0.15, 0.2) is 53.5 Å². The summed E-state index contributed by atoms with van der Waals surface area (Å²) in [5.74, 6) is -0.0887. The predicted molar refractivity (Wildman–Crippen MR) is 169 cm³/mol. The maximum absolute atomic E-state index is 12.5. The van der Waals surface area contributed by atoms with Crippen molar-refractivity contribution in [2.45, 2.75) is 52.4 Å². The summed E-state index contributed by atoms with van der Waals surface area (Å²) in [4.78, 5) is 29.0. The minimum atomic E-state index is -0.408. The van der Waals surface area contributed by atoms with E-state index in [1.807, 2.05) is 62.4 Å². The van der Waals surface area contributed by atoms with E-state index in [0.29, 0.717) is 34.4 Å². The van der Waals surface area contributed by atoms with Gasteiger partial charge >= 0.3 is 0 Å². The van der Waals surface area contributed by atoms with Crippen LogP contribution in [-0.2, 0) is 9.59 Å². The van der Waals surface area contributed by atoms with E-state index in [2.05, 4.69) is 10.3 Å². The van der Waals surface area contributed by atoms with E-state index >= 15 is 0 Å². The molecule has 0 bridgehead atoms. The average molecular weight is 585 g/mol. The highest BCUT2D eigenvalue weighted by atomic mass is 32.2. The van der Waals surface area contributed by atoms with Crippen LogP contribution in [0.2, 0.25) is 0 Å². The van der Waals surface area contributed by atoms with Gasteiger partial charge in [0.05, 0.1) is 21.9 Å². The average Bonchev–Trinajstić information content (AvgIpc) is 2.87. The molecule has 2 rings (SSSR count). The number of hydrogen-bond acceptors (Lipinski definition) is 8. The van der Waals surface area contributed by atoms with E-state index in [1.54, 1.807) is 25.6 Å². The van der Waals surface area contributed by atoms with Gasteiger partial charge in [-0.15, -0.1) is 0 Å². The van der Waals surface area contributed by atoms with Crippen molar-refractivity contribution in [3.63, 3.8) is 0 Å². The largest absolute Gasteiger partial charge is 0.378 e. The summed E-state index contributed by atoms with van der Waals surface area (Å²) >= 11 is 3.51. The quantitative estimate of drug-likeness (QED) is 0.130. The molecule has 0 heterocycles. The van der Waals surface area contributed by atoms with E-state index in [9.17, 15) is 9.59 Å². The Bertz CT molecular complexity index is 1250. The molecule has 2 aromatic rings. The predicted octanol–water partition coefficient (Wildman–Crippen LogP) is 6.04. The van der Waals surface area contributed by atoms with Crippen LogP contribution >= 0.6 is 35.3 Å². The first-order chi connectivity index (χ1) is 18.5. The fraction of sp³-hybridized carbons (Fsp3) is 0.357. The first-order valence-electron chi connectivity index (χ1n) is 12.5. The Kier molecular flexibility index (Phi) is 13.5. The Morgan fingerprint density at radius 3 is 1.87 bits per heavy atom. The van der Waals surface area contributed by atoms with Gasteiger partial charge in [-0.2, -0.15) is 16.8 Å². The van der Waals surface area contributed by atoms with Gasteiger partial charge < -0.3 is 11.1 Å². The van der Waals surface area contributed by atoms with Gasteiger partial charge in [0.15, 0.2) is 10.3 Å². The molecule has 0 aromatic heterocycles. The van der Waals surface area contributed by atoms with Crippen molar-refractivity contribution in [1.82, 2.24) is 5.32 Å². The van der Waals surface area contributed by atoms with Gasteiger partial charge in [0.25, 0.3) is 5.91 Å². The number of amides is 2. The van der Waals surface area contributed by atoms with Crippen LogP contribution in [0.1, 0.15) is 60.8 Å². The molecule has 0 saturated carbocycles. The lowest BCUT2D eigenvalue weighted by Gasteiger charge is -2.15. The maximum atomic E-state index is 12.5. The van der Waals surface area contributed by atoms with Crippen LogP contribution < -0.4 is 11.1 Å². The van der Waals surface area contributed by atoms with Gasteiger partial charge in [0, 0.05) is 12.8 Å². The molecule has 0 aliphatic rings. The lowest BCUT2D eigenvalue weighted by molar-refractivity contribution is -0.121. The summed E-state index contributed by atoms with van der Waals surface area (Å²) in [7, 11) is 0. The lowest BCUT2D eigenvalue weighted by atomic mass is 9.96. The van der Waals surface area contributed by atoms with Gasteiger partial charge in [0.2, 0.25) is 5.91 Å². The Balaban J connectivity index is 1.65. The Morgan fingerprint density at radius 1 is 0.846 bits per heavy atom. The topological polar surface area (TPSA) is 156 Å². The molecule has 2 unspecified atom stereocenters. The van der Waals surface area contributed by atoms with E-state index < -0.39 is 11.8 Å². The number of aryl methyl sites for hydroxylation is 2. The number of aliphatic imine (C=N–C) groups is 1. The van der Waals surface area contributed by atoms with E-state index in [0.717, 1.165) is 45.8 Å². The Hall–Kier alpha value is -2.89. The molecule has 0 fully saturated rings. The molecular formula is C28H36N6O2S3. The van der Waals surface area contributed by atoms with Crippen molar-refractivity contribution in [3.05, 3.63) is 70.8 Å². The summed E-state index contributed by atoms with van der Waals surface area (Å²) in [6.45, 7) is 7.50. The second kappa shape index (κ2) is 16.3. The number of nitrogens with two attached hydrogens (primary N) is 1. The third-order valence-corrected chi connectivity index (χ3v) is 8.42. The fourth-order valence-electron chi connectivity index (χ4n) is 3.68. The number of thioether (sulfide) groups is 3. The zero-order valence-corrected chi connectivity index (χ0v) is 25.1. The molecule has 0 aliphatic carbocycles. The number of hydrogen-bond donors (Lipinski definition) is 5. The normalized spacial score (nSPS) is 12.9. The molecule has 39 heavy (non-hydrogen) atoms. The zero-order valence-electron chi connectivity index (χ0n) is 22.7. The number of amidine groups is 2. The highest BCUT2D eigenvalue weighted by Gasteiger charge is 2.19. The SMILES string of the molecule is Cc1ccccc1C(C)C(=O)N=C(N)SC(=N)CCSCCC(=N)SC(=N)NC(=O)C(C)c1ccccc1C. The van der Waals surface area contributed by atoms with E-state index in [1.165, 1.54) is 0 Å². The second-order valence-electron chi connectivity index (χ2n) is 8.93. The third-order valence-electron chi connectivity index (χ3n) is 5.93. The highest BCUT2D eigenvalue weighted by molar-refractivity contribution is 8.26. The Labute approximate surface area is 243 Å². The molecule has 2 aromatic carbocycles. The lowest BCUT2D eigenvalue weighted by Crippen LogP contribution is -2.32. The van der Waals surface area contributed by atoms with Crippen LogP contribution in [0.5, 0.6) is 0 Å². The zero-order chi connectivity index (χ0) is 28.9. The van der Waals surface area contributed by atoms with Crippen molar-refractivity contribution in [1.29, 1.82) is 16.2 Å². The summed E-state index contributed by atoms with van der Waals surface area (Å²) in [6.07, 6.45) is 0.923. The van der Waals surface area contributed by atoms with Gasteiger partial charge in [-0.05, 0) is 85.0 Å². The summed E-state index contributed by atoms with van der Waals surface area (Å²) < 4.78 is 0. The molecule has 0 radical (unpaired) electrons. The molecule has 0 spiro atoms. The van der Waals surface area contributed by atoms with E-state index in [4.69, 9.17) is 22.0 Å². The number of carbonyl (C=O) groups excluding carboxylic acids is 2. The van der Waals surface area contributed by atoms with Gasteiger partial charge in [-0.3, -0.25) is 25.8 Å². The monoisotopic (exact) mass is 584 g/mol. The first-order valence-corrected chi connectivity index (χ1v) is 15.2. The van der Waals surface area contributed by atoms with Crippen LogP contribution in [-0.4, -0.2) is 43.7 Å². The second-order valence-corrected chi connectivity index (χ2v) is 12.4. The van der Waals surface area contributed by atoms with Crippen molar-refractivity contribution in [3.8, 4) is 0 Å². The molecular weight excluding hydrogens is 549 g/mol. The number of nitrogens with zero attached hydrogens (tertiary/aromatic N) is 1. The van der Waals surface area contributed by atoms with Gasteiger partial charge in [-0.1, -0.05) is 48.5 Å². The van der Waals surface area contributed by atoms with Crippen LogP contribution in [0, 0.1) is 30.1 Å². The molecule has 0 aliphatic heterocycles. The van der Waals surface area contributed by atoms with Crippen molar-refractivity contribution in [2.24, 2.45) is 10.7 Å². The smallest absolute Gasteiger partial charge is 0.255 e. The van der Waals surface area contributed by atoms with Crippen molar-refractivity contribution >= 4 is 67.5 Å². The van der Waals surface area contributed by atoms with Crippen molar-refractivity contribution < 1.29 is 9.59 Å². The number of rotatable bonds is 10. The molecule has 8 nitrogen and oxygen atoms in total. The van der Waals surface area contributed by atoms with E-state index in [-0.39, 0.29) is 22.1 Å². The van der Waals surface area contributed by atoms with Crippen molar-refractivity contribution in [2.75, 3.05) is 11.5 Å². The Morgan fingerprint density at radius 2 is 1.33 bits per heavy atom. The first kappa shape index (κ1) is 32.3. The third kappa shape index (κ3) is 11.0. The number of nitrogens with one attached hydrogen (secondary N) is 4. The van der Waals surface area contributed by atoms with Crippen LogP contribution in [0.25, 0.3) is 0 Å². The van der Waals surface area contributed by atoms with Crippen LogP contribution in [0.3, 0.4) is 0 Å². The minimum absolute atomic E-state index is 0.0605. The molecule has 11 heteroatoms. The minimum Gasteiger partial charge on any atom is -0.378 e. The molecule has 2 atom stereocenters. The number of carbonyl (C=O) groups is 2.